The first-order valence-corrected chi connectivity index (χ1v) is 14.6. The van der Waals surface area contributed by atoms with Crippen molar-refractivity contribution in [3.8, 4) is 0 Å². The van der Waals surface area contributed by atoms with Crippen LogP contribution in [-0.2, 0) is 17.9 Å². The number of benzene rings is 1. The number of imidazole rings is 1. The molecule has 1 unspecified atom stereocenters. The summed E-state index contributed by atoms with van der Waals surface area (Å²) in [5, 5.41) is 11.7. The Morgan fingerprint density at radius 3 is 2.56 bits per heavy atom. The maximum atomic E-state index is 13.6. The Bertz CT molecular complexity index is 1100. The predicted molar refractivity (Wildman–Crippen MR) is 123 cm³/mol. The van der Waals surface area contributed by atoms with E-state index in [1.54, 1.807) is 17.0 Å². The standard InChI is InChI=1S/C21H25BrF2N4O3Si/c1-32(2,3)5-4-31-12-28-11-25-18-10-16(22)19(27-20(18)28)17(26-21(29)30)8-13-6-14(23)9-15(24)7-13/h6-7,9-11,17,26H,4-5,8,12H2,1-3H3,(H,29,30). The number of nitrogens with one attached hydrogen (secondary N) is 1. The van der Waals surface area contributed by atoms with Crippen molar-refractivity contribution in [1.29, 1.82) is 0 Å². The lowest BCUT2D eigenvalue weighted by molar-refractivity contribution is 0.0894. The Balaban J connectivity index is 1.89. The average Bonchev–Trinajstić information content (AvgIpc) is 3.03. The number of amides is 1. The summed E-state index contributed by atoms with van der Waals surface area (Å²) in [6.45, 7) is 7.71. The Morgan fingerprint density at radius 1 is 1.25 bits per heavy atom. The number of halogens is 3. The van der Waals surface area contributed by atoms with Gasteiger partial charge >= 0.3 is 6.09 Å². The minimum atomic E-state index is -1.27. The largest absolute Gasteiger partial charge is 0.465 e. The second-order valence-electron chi connectivity index (χ2n) is 8.74. The van der Waals surface area contributed by atoms with Crippen LogP contribution in [-0.4, -0.2) is 40.4 Å². The third-order valence-electron chi connectivity index (χ3n) is 4.79. The van der Waals surface area contributed by atoms with E-state index < -0.39 is 31.8 Å². The predicted octanol–water partition coefficient (Wildman–Crippen LogP) is 5.34. The van der Waals surface area contributed by atoms with Crippen LogP contribution >= 0.6 is 15.9 Å². The first-order valence-electron chi connectivity index (χ1n) is 10.1. The van der Waals surface area contributed by atoms with Gasteiger partial charge in [-0.2, -0.15) is 0 Å². The highest BCUT2D eigenvalue weighted by molar-refractivity contribution is 9.10. The maximum absolute atomic E-state index is 13.6. The molecule has 3 rings (SSSR count). The number of nitrogens with zero attached hydrogens (tertiary/aromatic N) is 3. The molecule has 0 radical (unpaired) electrons. The first-order chi connectivity index (χ1) is 15.0. The molecule has 7 nitrogen and oxygen atoms in total. The lowest BCUT2D eigenvalue weighted by atomic mass is 10.0. The van der Waals surface area contributed by atoms with Crippen molar-refractivity contribution >= 4 is 41.3 Å². The molecule has 1 atom stereocenters. The Kier molecular flexibility index (Phi) is 7.62. The number of ether oxygens (including phenoxy) is 1. The highest BCUT2D eigenvalue weighted by atomic mass is 79.9. The van der Waals surface area contributed by atoms with Gasteiger partial charge < -0.3 is 15.2 Å². The van der Waals surface area contributed by atoms with E-state index in [9.17, 15) is 18.7 Å². The fourth-order valence-electron chi connectivity index (χ4n) is 3.19. The van der Waals surface area contributed by atoms with Gasteiger partial charge in [-0.3, -0.25) is 4.57 Å². The summed E-state index contributed by atoms with van der Waals surface area (Å²) in [5.41, 5.74) is 1.82. The third-order valence-corrected chi connectivity index (χ3v) is 7.13. The molecule has 1 amide bonds. The molecule has 2 N–H and O–H groups in total. The van der Waals surface area contributed by atoms with E-state index in [-0.39, 0.29) is 13.2 Å². The second kappa shape index (κ2) is 10.0. The summed E-state index contributed by atoms with van der Waals surface area (Å²) < 4.78 is 35.3. The fraction of sp³-hybridized carbons (Fsp3) is 0.381. The highest BCUT2D eigenvalue weighted by Gasteiger charge is 2.22. The molecule has 0 spiro atoms. The normalized spacial score (nSPS) is 12.8. The quantitative estimate of drug-likeness (QED) is 0.290. The van der Waals surface area contributed by atoms with E-state index in [0.717, 1.165) is 12.1 Å². The van der Waals surface area contributed by atoms with E-state index in [2.05, 4.69) is 50.9 Å². The van der Waals surface area contributed by atoms with Crippen LogP contribution in [0.25, 0.3) is 11.2 Å². The molecule has 1 aromatic carbocycles. The van der Waals surface area contributed by atoms with Gasteiger partial charge in [-0.25, -0.2) is 23.5 Å². The van der Waals surface area contributed by atoms with Crippen LogP contribution in [0, 0.1) is 11.6 Å². The summed E-state index contributed by atoms with van der Waals surface area (Å²) in [6.07, 6.45) is 0.354. The van der Waals surface area contributed by atoms with E-state index in [4.69, 9.17) is 4.74 Å². The van der Waals surface area contributed by atoms with E-state index in [1.807, 2.05) is 0 Å². The molecule has 32 heavy (non-hydrogen) atoms. The molecule has 2 aromatic heterocycles. The van der Waals surface area contributed by atoms with Crippen molar-refractivity contribution in [3.05, 3.63) is 58.0 Å². The van der Waals surface area contributed by atoms with Crippen LogP contribution in [0.3, 0.4) is 0 Å². The van der Waals surface area contributed by atoms with Crippen LogP contribution in [0.15, 0.2) is 35.1 Å². The smallest absolute Gasteiger partial charge is 0.405 e. The number of rotatable bonds is 9. The van der Waals surface area contributed by atoms with Crippen LogP contribution in [0.1, 0.15) is 17.3 Å². The van der Waals surface area contributed by atoms with Gasteiger partial charge in [0.2, 0.25) is 0 Å². The van der Waals surface area contributed by atoms with Crippen molar-refractivity contribution in [2.75, 3.05) is 6.61 Å². The van der Waals surface area contributed by atoms with E-state index in [1.165, 1.54) is 12.1 Å². The zero-order valence-electron chi connectivity index (χ0n) is 18.0. The summed E-state index contributed by atoms with van der Waals surface area (Å²) in [4.78, 5) is 20.4. The van der Waals surface area contributed by atoms with Gasteiger partial charge in [-0.15, -0.1) is 0 Å². The van der Waals surface area contributed by atoms with Gasteiger partial charge in [-0.05, 0) is 52.2 Å². The minimum absolute atomic E-state index is 0.0128. The summed E-state index contributed by atoms with van der Waals surface area (Å²) in [5.74, 6) is -1.46. The lowest BCUT2D eigenvalue weighted by Crippen LogP contribution is -2.29. The molecule has 2 heterocycles. The Morgan fingerprint density at radius 2 is 1.94 bits per heavy atom. The molecule has 11 heteroatoms. The molecule has 0 saturated heterocycles. The highest BCUT2D eigenvalue weighted by Crippen LogP contribution is 2.28. The van der Waals surface area contributed by atoms with E-state index >= 15 is 0 Å². The summed E-state index contributed by atoms with van der Waals surface area (Å²) in [6, 6.07) is 5.02. The van der Waals surface area contributed by atoms with Crippen molar-refractivity contribution in [2.24, 2.45) is 0 Å². The van der Waals surface area contributed by atoms with Gasteiger partial charge in [0.15, 0.2) is 5.65 Å². The number of pyridine rings is 1. The Hall–Kier alpha value is -2.37. The molecule has 0 aliphatic carbocycles. The van der Waals surface area contributed by atoms with Crippen molar-refractivity contribution in [3.63, 3.8) is 0 Å². The van der Waals surface area contributed by atoms with Gasteiger partial charge in [0, 0.05) is 25.2 Å². The number of hydrogen-bond acceptors (Lipinski definition) is 4. The molecule has 0 saturated carbocycles. The van der Waals surface area contributed by atoms with E-state index in [0.29, 0.717) is 33.5 Å². The van der Waals surface area contributed by atoms with Crippen molar-refractivity contribution < 1.29 is 23.4 Å². The minimum Gasteiger partial charge on any atom is -0.465 e. The topological polar surface area (TPSA) is 89.3 Å². The molecular formula is C21H25BrF2N4O3Si. The molecule has 0 aliphatic heterocycles. The van der Waals surface area contributed by atoms with Crippen LogP contribution < -0.4 is 5.32 Å². The first kappa shape index (κ1) is 24.3. The Labute approximate surface area is 194 Å². The lowest BCUT2D eigenvalue weighted by Gasteiger charge is -2.19. The van der Waals surface area contributed by atoms with Gasteiger partial charge in [0.05, 0.1) is 18.1 Å². The number of fused-ring (bicyclic) bond motifs is 1. The van der Waals surface area contributed by atoms with Gasteiger partial charge in [-0.1, -0.05) is 19.6 Å². The second-order valence-corrected chi connectivity index (χ2v) is 15.2. The van der Waals surface area contributed by atoms with Gasteiger partial charge in [0.25, 0.3) is 0 Å². The number of carbonyl (C=O) groups is 1. The SMILES string of the molecule is C[Si](C)(C)CCOCn1cnc2cc(Br)c(C(Cc3cc(F)cc(F)c3)NC(=O)O)nc21. The van der Waals surface area contributed by atoms with Crippen LogP contribution in [0.4, 0.5) is 13.6 Å². The zero-order chi connectivity index (χ0) is 23.5. The molecule has 0 bridgehead atoms. The zero-order valence-corrected chi connectivity index (χ0v) is 20.6. The molecule has 0 fully saturated rings. The van der Waals surface area contributed by atoms with Crippen molar-refractivity contribution in [2.45, 2.75) is 44.9 Å². The van der Waals surface area contributed by atoms with Crippen LogP contribution in [0.5, 0.6) is 0 Å². The molecular weight excluding hydrogens is 502 g/mol. The van der Waals surface area contributed by atoms with Gasteiger partial charge in [0.1, 0.15) is 23.9 Å². The van der Waals surface area contributed by atoms with Crippen molar-refractivity contribution in [1.82, 2.24) is 19.9 Å². The average molecular weight is 527 g/mol. The number of aromatic nitrogens is 3. The molecule has 0 aliphatic rings. The monoisotopic (exact) mass is 526 g/mol. The fourth-order valence-corrected chi connectivity index (χ4v) is 4.52. The number of hydrogen-bond donors (Lipinski definition) is 2. The molecule has 3 aromatic rings. The number of carboxylic acid groups (broad SMARTS) is 1. The third kappa shape index (κ3) is 6.56. The molecule has 172 valence electrons. The maximum Gasteiger partial charge on any atom is 0.405 e. The van der Waals surface area contributed by atoms with Crippen LogP contribution in [0.2, 0.25) is 25.7 Å². The summed E-state index contributed by atoms with van der Waals surface area (Å²) in [7, 11) is -1.21. The summed E-state index contributed by atoms with van der Waals surface area (Å²) >= 11 is 3.43.